The van der Waals surface area contributed by atoms with Crippen LogP contribution in [0.3, 0.4) is 0 Å². The van der Waals surface area contributed by atoms with Gasteiger partial charge in [0.2, 0.25) is 0 Å². The highest BCUT2D eigenvalue weighted by molar-refractivity contribution is 6.04. The van der Waals surface area contributed by atoms with Crippen LogP contribution >= 0.6 is 0 Å². The number of carbonyl (C=O) groups excluding carboxylic acids is 1. The van der Waals surface area contributed by atoms with E-state index in [9.17, 15) is 14.7 Å². The number of aliphatic carboxylic acids is 1. The van der Waals surface area contributed by atoms with Crippen LogP contribution < -0.4 is 4.90 Å². The topological polar surface area (TPSA) is 76.1 Å². The van der Waals surface area contributed by atoms with Gasteiger partial charge in [0.25, 0.3) is 5.91 Å². The average Bonchev–Trinajstić information content (AvgIpc) is 2.87. The van der Waals surface area contributed by atoms with Crippen LogP contribution in [0, 0.1) is 0 Å². The van der Waals surface area contributed by atoms with Crippen LogP contribution in [-0.2, 0) is 25.5 Å². The minimum absolute atomic E-state index is 0.170. The molecule has 1 unspecified atom stereocenters. The lowest BCUT2D eigenvalue weighted by Crippen LogP contribution is -2.50. The summed E-state index contributed by atoms with van der Waals surface area (Å²) >= 11 is 0. The lowest BCUT2D eigenvalue weighted by molar-refractivity contribution is -0.148. The van der Waals surface area contributed by atoms with Crippen LogP contribution in [0.15, 0.2) is 24.3 Å². The van der Waals surface area contributed by atoms with E-state index in [4.69, 9.17) is 9.47 Å². The SMILES string of the molecule is O=C(O)[C@@H]1Cc2ccccc2N1C(=O)C1COCCO1. The van der Waals surface area contributed by atoms with Crippen molar-refractivity contribution in [3.8, 4) is 0 Å². The van der Waals surface area contributed by atoms with Crippen molar-refractivity contribution in [2.45, 2.75) is 18.6 Å². The Morgan fingerprint density at radius 2 is 2.05 bits per heavy atom. The van der Waals surface area contributed by atoms with Gasteiger partial charge in [-0.15, -0.1) is 0 Å². The molecule has 0 saturated carbocycles. The second kappa shape index (κ2) is 5.22. The maximum Gasteiger partial charge on any atom is 0.327 e. The zero-order chi connectivity index (χ0) is 14.1. The molecule has 0 bridgehead atoms. The zero-order valence-corrected chi connectivity index (χ0v) is 10.8. The summed E-state index contributed by atoms with van der Waals surface area (Å²) in [5, 5.41) is 9.34. The molecule has 106 valence electrons. The molecule has 0 aromatic heterocycles. The third-order valence-electron chi connectivity index (χ3n) is 3.59. The Hall–Kier alpha value is -1.92. The van der Waals surface area contributed by atoms with E-state index in [1.54, 1.807) is 12.1 Å². The summed E-state index contributed by atoms with van der Waals surface area (Å²) in [5.41, 5.74) is 1.52. The summed E-state index contributed by atoms with van der Waals surface area (Å²) in [6, 6.07) is 6.37. The molecule has 6 heteroatoms. The molecule has 1 aromatic rings. The minimum atomic E-state index is -1.01. The summed E-state index contributed by atoms with van der Waals surface area (Å²) < 4.78 is 10.6. The second-order valence-electron chi connectivity index (χ2n) is 4.83. The first-order valence-corrected chi connectivity index (χ1v) is 6.51. The zero-order valence-electron chi connectivity index (χ0n) is 10.8. The standard InChI is InChI=1S/C14H15NO5/c16-13(12-8-19-5-6-20-12)15-10-4-2-1-3-9(10)7-11(15)14(17)18/h1-4,11-12H,5-8H2,(H,17,18)/t11-,12?/m0/s1. The molecule has 1 fully saturated rings. The van der Waals surface area contributed by atoms with Crippen LogP contribution in [0.4, 0.5) is 5.69 Å². The van der Waals surface area contributed by atoms with E-state index in [0.29, 0.717) is 25.3 Å². The number of fused-ring (bicyclic) bond motifs is 1. The van der Waals surface area contributed by atoms with Crippen LogP contribution in [-0.4, -0.2) is 48.9 Å². The van der Waals surface area contributed by atoms with Gasteiger partial charge < -0.3 is 14.6 Å². The molecule has 1 saturated heterocycles. The number of carboxylic acids is 1. The van der Waals surface area contributed by atoms with E-state index in [-0.39, 0.29) is 12.5 Å². The molecule has 6 nitrogen and oxygen atoms in total. The van der Waals surface area contributed by atoms with E-state index < -0.39 is 18.1 Å². The summed E-state index contributed by atoms with van der Waals surface area (Å²) in [6.07, 6.45) is -0.401. The highest BCUT2D eigenvalue weighted by Gasteiger charge is 2.41. The van der Waals surface area contributed by atoms with Gasteiger partial charge in [-0.2, -0.15) is 0 Å². The number of nitrogens with zero attached hydrogens (tertiary/aromatic N) is 1. The van der Waals surface area contributed by atoms with E-state index in [2.05, 4.69) is 0 Å². The van der Waals surface area contributed by atoms with E-state index in [1.807, 2.05) is 12.1 Å². The average molecular weight is 277 g/mol. The second-order valence-corrected chi connectivity index (χ2v) is 4.83. The maximum absolute atomic E-state index is 12.5. The van der Waals surface area contributed by atoms with Crippen molar-refractivity contribution in [1.82, 2.24) is 0 Å². The van der Waals surface area contributed by atoms with Crippen molar-refractivity contribution < 1.29 is 24.2 Å². The molecular weight excluding hydrogens is 262 g/mol. The van der Waals surface area contributed by atoms with Crippen LogP contribution in [0.1, 0.15) is 5.56 Å². The first-order valence-electron chi connectivity index (χ1n) is 6.51. The lowest BCUT2D eigenvalue weighted by atomic mass is 10.1. The van der Waals surface area contributed by atoms with Crippen molar-refractivity contribution in [3.05, 3.63) is 29.8 Å². The highest BCUT2D eigenvalue weighted by atomic mass is 16.6. The molecule has 2 atom stereocenters. The molecule has 3 rings (SSSR count). The number of anilines is 1. The minimum Gasteiger partial charge on any atom is -0.480 e. The smallest absolute Gasteiger partial charge is 0.327 e. The Morgan fingerprint density at radius 1 is 1.25 bits per heavy atom. The number of benzene rings is 1. The fourth-order valence-electron chi connectivity index (χ4n) is 2.64. The fourth-order valence-corrected chi connectivity index (χ4v) is 2.64. The Bertz CT molecular complexity index is 538. The molecule has 0 radical (unpaired) electrons. The molecule has 1 N–H and O–H groups in total. The van der Waals surface area contributed by atoms with Crippen molar-refractivity contribution in [2.24, 2.45) is 0 Å². The Morgan fingerprint density at radius 3 is 2.75 bits per heavy atom. The van der Waals surface area contributed by atoms with Crippen molar-refractivity contribution >= 4 is 17.6 Å². The van der Waals surface area contributed by atoms with Crippen LogP contribution in [0.5, 0.6) is 0 Å². The van der Waals surface area contributed by atoms with Crippen molar-refractivity contribution in [1.29, 1.82) is 0 Å². The molecule has 0 aliphatic carbocycles. The highest BCUT2D eigenvalue weighted by Crippen LogP contribution is 2.33. The number of rotatable bonds is 2. The number of carbonyl (C=O) groups is 2. The Labute approximate surface area is 115 Å². The van der Waals surface area contributed by atoms with Gasteiger partial charge in [-0.25, -0.2) is 4.79 Å². The molecule has 2 aliphatic rings. The molecule has 2 aliphatic heterocycles. The monoisotopic (exact) mass is 277 g/mol. The van der Waals surface area contributed by atoms with Crippen molar-refractivity contribution in [3.63, 3.8) is 0 Å². The van der Waals surface area contributed by atoms with Crippen molar-refractivity contribution in [2.75, 3.05) is 24.7 Å². The van der Waals surface area contributed by atoms with Crippen LogP contribution in [0.25, 0.3) is 0 Å². The van der Waals surface area contributed by atoms with Gasteiger partial charge in [-0.3, -0.25) is 9.69 Å². The predicted octanol–water partition coefficient (Wildman–Crippen LogP) is 0.444. The van der Waals surface area contributed by atoms with E-state index in [1.165, 1.54) is 4.90 Å². The first-order chi connectivity index (χ1) is 9.68. The Kier molecular flexibility index (Phi) is 3.42. The Balaban J connectivity index is 1.91. The summed E-state index contributed by atoms with van der Waals surface area (Å²) in [4.78, 5) is 25.3. The summed E-state index contributed by atoms with van der Waals surface area (Å²) in [5.74, 6) is -1.35. The predicted molar refractivity (Wildman–Crippen MR) is 69.6 cm³/mol. The lowest BCUT2D eigenvalue weighted by Gasteiger charge is -2.29. The van der Waals surface area contributed by atoms with Gasteiger partial charge in [-0.1, -0.05) is 18.2 Å². The number of carboxylic acid groups (broad SMARTS) is 1. The van der Waals surface area contributed by atoms with Crippen LogP contribution in [0.2, 0.25) is 0 Å². The normalized spacial score (nSPS) is 25.3. The molecule has 2 heterocycles. The number of para-hydroxylation sites is 1. The molecule has 1 aromatic carbocycles. The largest absolute Gasteiger partial charge is 0.480 e. The van der Waals surface area contributed by atoms with Gasteiger partial charge in [0.05, 0.1) is 19.8 Å². The number of hydrogen-bond donors (Lipinski definition) is 1. The van der Waals surface area contributed by atoms with E-state index in [0.717, 1.165) is 5.56 Å². The summed E-state index contributed by atoms with van der Waals surface area (Å²) in [6.45, 7) is 0.982. The third-order valence-corrected chi connectivity index (χ3v) is 3.59. The van der Waals surface area contributed by atoms with Gasteiger partial charge in [0.1, 0.15) is 6.04 Å². The van der Waals surface area contributed by atoms with E-state index >= 15 is 0 Å². The molecule has 1 amide bonds. The molecule has 0 spiro atoms. The quantitative estimate of drug-likeness (QED) is 0.849. The summed E-state index contributed by atoms with van der Waals surface area (Å²) in [7, 11) is 0. The number of ether oxygens (including phenoxy) is 2. The van der Waals surface area contributed by atoms with Gasteiger partial charge >= 0.3 is 5.97 Å². The fraction of sp³-hybridized carbons (Fsp3) is 0.429. The molecular formula is C14H15NO5. The number of amides is 1. The van der Waals surface area contributed by atoms with Gasteiger partial charge in [0.15, 0.2) is 6.10 Å². The number of hydrogen-bond acceptors (Lipinski definition) is 4. The first kappa shape index (κ1) is 13.1. The maximum atomic E-state index is 12.5. The molecule has 20 heavy (non-hydrogen) atoms. The van der Waals surface area contributed by atoms with Gasteiger partial charge in [0, 0.05) is 12.1 Å². The third kappa shape index (κ3) is 2.17. The van der Waals surface area contributed by atoms with Gasteiger partial charge in [-0.05, 0) is 11.6 Å².